The third kappa shape index (κ3) is 4.12. The number of nitrogens with zero attached hydrogens (tertiary/aromatic N) is 1. The number of amides is 1. The maximum atomic E-state index is 13.8. The topological polar surface area (TPSA) is 88.5 Å². The summed E-state index contributed by atoms with van der Waals surface area (Å²) >= 11 is 0. The number of aromatic nitrogens is 1. The molecule has 0 radical (unpaired) electrons. The van der Waals surface area contributed by atoms with E-state index in [1.165, 1.54) is 12.3 Å². The monoisotopic (exact) mass is 344 g/mol. The van der Waals surface area contributed by atoms with Crippen LogP contribution in [0.1, 0.15) is 46.4 Å². The van der Waals surface area contributed by atoms with E-state index < -0.39 is 17.7 Å². The molecule has 0 spiro atoms. The molecule has 0 aliphatic heterocycles. The van der Waals surface area contributed by atoms with Crippen molar-refractivity contribution in [1.29, 1.82) is 0 Å². The number of nitrogens with one attached hydrogen (secondary N) is 1. The molecule has 130 valence electrons. The Kier molecular flexibility index (Phi) is 4.92. The second-order valence-electron chi connectivity index (χ2n) is 5.86. The van der Waals surface area contributed by atoms with Crippen LogP contribution in [0.5, 0.6) is 5.88 Å². The van der Waals surface area contributed by atoms with Crippen LogP contribution >= 0.6 is 0 Å². The number of hydrogen-bond acceptors (Lipinski definition) is 4. The Labute approximate surface area is 143 Å². The van der Waals surface area contributed by atoms with Crippen LogP contribution in [0.15, 0.2) is 36.5 Å². The molecule has 1 saturated carbocycles. The molecule has 1 aromatic heterocycles. The zero-order chi connectivity index (χ0) is 17.8. The van der Waals surface area contributed by atoms with Gasteiger partial charge in [-0.05, 0) is 49.9 Å². The van der Waals surface area contributed by atoms with Gasteiger partial charge in [0.05, 0.1) is 16.8 Å². The zero-order valence-corrected chi connectivity index (χ0v) is 13.4. The van der Waals surface area contributed by atoms with Gasteiger partial charge in [-0.3, -0.25) is 4.79 Å². The van der Waals surface area contributed by atoms with E-state index in [0.29, 0.717) is 5.88 Å². The van der Waals surface area contributed by atoms with E-state index in [2.05, 4.69) is 10.3 Å². The number of hydrogen-bond donors (Lipinski definition) is 2. The number of rotatable bonds is 5. The first-order valence-electron chi connectivity index (χ1n) is 8.00. The van der Waals surface area contributed by atoms with Gasteiger partial charge in [0.15, 0.2) is 0 Å². The Hall–Kier alpha value is -2.96. The van der Waals surface area contributed by atoms with Crippen molar-refractivity contribution >= 4 is 17.6 Å². The number of carboxylic acids is 1. The Bertz CT molecular complexity index is 786. The smallest absolute Gasteiger partial charge is 0.335 e. The molecular weight excluding hydrogens is 327 g/mol. The molecule has 1 aliphatic carbocycles. The number of halogens is 1. The van der Waals surface area contributed by atoms with Crippen molar-refractivity contribution in [2.45, 2.75) is 31.8 Å². The number of anilines is 1. The van der Waals surface area contributed by atoms with Crippen molar-refractivity contribution in [2.75, 3.05) is 5.32 Å². The number of benzene rings is 1. The summed E-state index contributed by atoms with van der Waals surface area (Å²) in [5.41, 5.74) is -0.0924. The van der Waals surface area contributed by atoms with Crippen molar-refractivity contribution < 1.29 is 23.8 Å². The maximum absolute atomic E-state index is 13.8. The normalized spacial score (nSPS) is 14.3. The van der Waals surface area contributed by atoms with E-state index in [4.69, 9.17) is 9.84 Å². The summed E-state index contributed by atoms with van der Waals surface area (Å²) in [5, 5.41) is 11.3. The Morgan fingerprint density at radius 2 is 1.88 bits per heavy atom. The number of aromatic carboxylic acids is 1. The average molecular weight is 344 g/mol. The molecule has 1 heterocycles. The Balaban J connectivity index is 1.68. The number of carbonyl (C=O) groups is 2. The SMILES string of the molecule is O=C(O)c1ccc(F)c(NC(=O)c2ccc(OC3CCCC3)nc2)c1. The molecule has 0 atom stereocenters. The van der Waals surface area contributed by atoms with Crippen LogP contribution in [0.3, 0.4) is 0 Å². The van der Waals surface area contributed by atoms with Crippen molar-refractivity contribution in [3.8, 4) is 5.88 Å². The maximum Gasteiger partial charge on any atom is 0.335 e. The first-order valence-corrected chi connectivity index (χ1v) is 8.00. The molecule has 1 fully saturated rings. The highest BCUT2D eigenvalue weighted by molar-refractivity contribution is 6.04. The largest absolute Gasteiger partial charge is 0.478 e. The number of carbonyl (C=O) groups excluding carboxylic acids is 1. The van der Waals surface area contributed by atoms with Gasteiger partial charge in [0.1, 0.15) is 11.9 Å². The van der Waals surface area contributed by atoms with Crippen molar-refractivity contribution in [3.63, 3.8) is 0 Å². The summed E-state index contributed by atoms with van der Waals surface area (Å²) in [7, 11) is 0. The highest BCUT2D eigenvalue weighted by atomic mass is 19.1. The predicted octanol–water partition coefficient (Wildman–Crippen LogP) is 3.49. The third-order valence-corrected chi connectivity index (χ3v) is 4.05. The summed E-state index contributed by atoms with van der Waals surface area (Å²) < 4.78 is 19.5. The number of carboxylic acid groups (broad SMARTS) is 1. The van der Waals surface area contributed by atoms with Gasteiger partial charge >= 0.3 is 5.97 Å². The summed E-state index contributed by atoms with van der Waals surface area (Å²) in [6, 6.07) is 6.32. The van der Waals surface area contributed by atoms with E-state index in [1.807, 2.05) is 0 Å². The van der Waals surface area contributed by atoms with Crippen LogP contribution in [0.25, 0.3) is 0 Å². The molecule has 7 heteroatoms. The lowest BCUT2D eigenvalue weighted by Gasteiger charge is -2.12. The summed E-state index contributed by atoms with van der Waals surface area (Å²) in [6.07, 6.45) is 5.81. The van der Waals surface area contributed by atoms with E-state index in [0.717, 1.165) is 43.9 Å². The molecule has 1 amide bonds. The van der Waals surface area contributed by atoms with Gasteiger partial charge in [0, 0.05) is 12.3 Å². The molecule has 0 unspecified atom stereocenters. The van der Waals surface area contributed by atoms with E-state index in [1.54, 1.807) is 6.07 Å². The van der Waals surface area contributed by atoms with Gasteiger partial charge in [0.25, 0.3) is 5.91 Å². The minimum absolute atomic E-state index is 0.116. The summed E-state index contributed by atoms with van der Waals surface area (Å²) in [5.74, 6) is -2.05. The molecule has 0 bridgehead atoms. The molecule has 25 heavy (non-hydrogen) atoms. The first-order chi connectivity index (χ1) is 12.0. The number of ether oxygens (including phenoxy) is 1. The van der Waals surface area contributed by atoms with Crippen LogP contribution in [0.4, 0.5) is 10.1 Å². The Morgan fingerprint density at radius 1 is 1.16 bits per heavy atom. The molecule has 2 aromatic rings. The fourth-order valence-corrected chi connectivity index (χ4v) is 2.71. The van der Waals surface area contributed by atoms with E-state index >= 15 is 0 Å². The fraction of sp³-hybridized carbons (Fsp3) is 0.278. The first kappa shape index (κ1) is 16.9. The van der Waals surface area contributed by atoms with Gasteiger partial charge in [-0.1, -0.05) is 0 Å². The molecule has 3 rings (SSSR count). The van der Waals surface area contributed by atoms with Gasteiger partial charge in [-0.25, -0.2) is 14.2 Å². The highest BCUT2D eigenvalue weighted by Gasteiger charge is 2.17. The molecule has 1 aromatic carbocycles. The minimum Gasteiger partial charge on any atom is -0.478 e. The standard InChI is InChI=1S/C18H17FN2O4/c19-14-7-5-11(18(23)24)9-15(14)21-17(22)12-6-8-16(20-10-12)25-13-3-1-2-4-13/h5-10,13H,1-4H2,(H,21,22)(H,23,24). The van der Waals surface area contributed by atoms with Crippen LogP contribution < -0.4 is 10.1 Å². The lowest BCUT2D eigenvalue weighted by Crippen LogP contribution is -2.15. The zero-order valence-electron chi connectivity index (χ0n) is 13.4. The van der Waals surface area contributed by atoms with Gasteiger partial charge in [0.2, 0.25) is 5.88 Å². The van der Waals surface area contributed by atoms with Crippen LogP contribution in [0.2, 0.25) is 0 Å². The van der Waals surface area contributed by atoms with Crippen LogP contribution in [-0.4, -0.2) is 28.1 Å². The lowest BCUT2D eigenvalue weighted by atomic mass is 10.2. The average Bonchev–Trinajstić information content (AvgIpc) is 3.10. The molecule has 6 nitrogen and oxygen atoms in total. The van der Waals surface area contributed by atoms with Gasteiger partial charge < -0.3 is 15.2 Å². The second kappa shape index (κ2) is 7.29. The fourth-order valence-electron chi connectivity index (χ4n) is 2.71. The van der Waals surface area contributed by atoms with Crippen molar-refractivity contribution in [3.05, 3.63) is 53.5 Å². The van der Waals surface area contributed by atoms with E-state index in [9.17, 15) is 14.0 Å². The highest BCUT2D eigenvalue weighted by Crippen LogP contribution is 2.23. The quantitative estimate of drug-likeness (QED) is 0.867. The van der Waals surface area contributed by atoms with Crippen molar-refractivity contribution in [1.82, 2.24) is 4.98 Å². The van der Waals surface area contributed by atoms with Crippen molar-refractivity contribution in [2.24, 2.45) is 0 Å². The molecule has 0 saturated heterocycles. The summed E-state index contributed by atoms with van der Waals surface area (Å²) in [4.78, 5) is 27.2. The Morgan fingerprint density at radius 3 is 2.52 bits per heavy atom. The molecule has 1 aliphatic rings. The molecular formula is C18H17FN2O4. The number of pyridine rings is 1. The van der Waals surface area contributed by atoms with E-state index in [-0.39, 0.29) is 22.9 Å². The molecule has 2 N–H and O–H groups in total. The van der Waals surface area contributed by atoms with Gasteiger partial charge in [-0.15, -0.1) is 0 Å². The van der Waals surface area contributed by atoms with Crippen LogP contribution in [0, 0.1) is 5.82 Å². The predicted molar refractivity (Wildman–Crippen MR) is 88.4 cm³/mol. The third-order valence-electron chi connectivity index (χ3n) is 4.05. The summed E-state index contributed by atoms with van der Waals surface area (Å²) in [6.45, 7) is 0. The van der Waals surface area contributed by atoms with Gasteiger partial charge in [-0.2, -0.15) is 0 Å². The van der Waals surface area contributed by atoms with Crippen LogP contribution in [-0.2, 0) is 0 Å². The minimum atomic E-state index is -1.20. The second-order valence-corrected chi connectivity index (χ2v) is 5.86. The lowest BCUT2D eigenvalue weighted by molar-refractivity contribution is 0.0696.